The minimum atomic E-state index is -0.0484. The summed E-state index contributed by atoms with van der Waals surface area (Å²) in [6.07, 6.45) is 4.82. The molecule has 0 radical (unpaired) electrons. The van der Waals surface area contributed by atoms with Crippen LogP contribution in [0.1, 0.15) is 52.9 Å². The maximum atomic E-state index is 11.7. The van der Waals surface area contributed by atoms with Gasteiger partial charge in [-0.2, -0.15) is 0 Å². The molecule has 0 aliphatic carbocycles. The Balaban J connectivity index is 2.09. The highest BCUT2D eigenvalue weighted by Gasteiger charge is 2.19. The monoisotopic (exact) mass is 256 g/mol. The number of carbonyl (C=O) groups is 1. The Morgan fingerprint density at radius 3 is 2.78 bits per heavy atom. The first-order valence-electron chi connectivity index (χ1n) is 7.01. The minimum absolute atomic E-state index is 0.0484. The summed E-state index contributed by atoms with van der Waals surface area (Å²) in [6.45, 7) is 7.99. The Kier molecular flexibility index (Phi) is 6.09. The molecular weight excluding hydrogens is 228 g/mol. The average molecular weight is 256 g/mol. The first-order chi connectivity index (χ1) is 8.37. The third kappa shape index (κ3) is 6.97. The predicted octanol–water partition coefficient (Wildman–Crippen LogP) is 1.83. The summed E-state index contributed by atoms with van der Waals surface area (Å²) in [7, 11) is 0. The molecule has 106 valence electrons. The molecule has 1 heterocycles. The topological polar surface area (TPSA) is 64.4 Å². The molecule has 18 heavy (non-hydrogen) atoms. The quantitative estimate of drug-likeness (QED) is 0.762. The smallest absolute Gasteiger partial charge is 0.221 e. The van der Waals surface area contributed by atoms with Crippen molar-refractivity contribution in [3.05, 3.63) is 0 Å². The third-order valence-electron chi connectivity index (χ3n) is 3.13. The van der Waals surface area contributed by atoms with Crippen LogP contribution < -0.4 is 11.1 Å². The number of amides is 1. The Labute approximate surface area is 111 Å². The van der Waals surface area contributed by atoms with E-state index in [0.717, 1.165) is 32.3 Å². The Hall–Kier alpha value is -0.610. The van der Waals surface area contributed by atoms with Gasteiger partial charge in [0.15, 0.2) is 0 Å². The average Bonchev–Trinajstić information content (AvgIpc) is 2.66. The summed E-state index contributed by atoms with van der Waals surface area (Å²) in [5.41, 5.74) is 6.15. The van der Waals surface area contributed by atoms with Gasteiger partial charge in [0.1, 0.15) is 0 Å². The Morgan fingerprint density at radius 1 is 1.50 bits per heavy atom. The van der Waals surface area contributed by atoms with Crippen LogP contribution in [0.5, 0.6) is 0 Å². The highest BCUT2D eigenvalue weighted by molar-refractivity contribution is 5.76. The summed E-state index contributed by atoms with van der Waals surface area (Å²) in [4.78, 5) is 11.7. The van der Waals surface area contributed by atoms with Gasteiger partial charge >= 0.3 is 0 Å². The molecule has 0 aromatic rings. The van der Waals surface area contributed by atoms with Crippen molar-refractivity contribution in [3.8, 4) is 0 Å². The second-order valence-electron chi connectivity index (χ2n) is 6.50. The number of carbonyl (C=O) groups excluding carboxylic acids is 1. The van der Waals surface area contributed by atoms with Crippen molar-refractivity contribution < 1.29 is 9.53 Å². The van der Waals surface area contributed by atoms with Gasteiger partial charge in [0.2, 0.25) is 5.91 Å². The zero-order chi connectivity index (χ0) is 13.6. The first kappa shape index (κ1) is 15.4. The zero-order valence-electron chi connectivity index (χ0n) is 12.0. The van der Waals surface area contributed by atoms with E-state index < -0.39 is 0 Å². The molecule has 1 aliphatic heterocycles. The van der Waals surface area contributed by atoms with E-state index in [0.29, 0.717) is 19.1 Å². The molecular formula is C14H28N2O2. The molecule has 1 rings (SSSR count). The van der Waals surface area contributed by atoms with E-state index in [1.165, 1.54) is 0 Å². The van der Waals surface area contributed by atoms with Crippen molar-refractivity contribution in [1.82, 2.24) is 5.32 Å². The predicted molar refractivity (Wildman–Crippen MR) is 73.3 cm³/mol. The van der Waals surface area contributed by atoms with Crippen LogP contribution in [-0.4, -0.2) is 31.2 Å². The maximum absolute atomic E-state index is 11.7. The van der Waals surface area contributed by atoms with Gasteiger partial charge in [-0.15, -0.1) is 0 Å². The van der Waals surface area contributed by atoms with Crippen LogP contribution >= 0.6 is 0 Å². The first-order valence-corrected chi connectivity index (χ1v) is 7.01. The largest absolute Gasteiger partial charge is 0.378 e. The Bertz CT molecular complexity index is 255. The number of hydrogen-bond donors (Lipinski definition) is 2. The Morgan fingerprint density at radius 2 is 2.22 bits per heavy atom. The second-order valence-corrected chi connectivity index (χ2v) is 6.50. The lowest BCUT2D eigenvalue weighted by molar-refractivity contribution is -0.121. The standard InChI is InChI=1S/C14H28N2O2/c1-14(2,3)10-11(15)9-13(17)16-7-6-12-5-4-8-18-12/h11-12H,4-10,15H2,1-3H3,(H,16,17). The number of hydrogen-bond acceptors (Lipinski definition) is 3. The lowest BCUT2D eigenvalue weighted by atomic mass is 9.87. The molecule has 0 aromatic carbocycles. The summed E-state index contributed by atoms with van der Waals surface area (Å²) >= 11 is 0. The van der Waals surface area contributed by atoms with E-state index in [1.807, 2.05) is 0 Å². The van der Waals surface area contributed by atoms with E-state index in [-0.39, 0.29) is 17.4 Å². The molecule has 0 spiro atoms. The van der Waals surface area contributed by atoms with Crippen molar-refractivity contribution in [2.45, 2.75) is 65.0 Å². The SMILES string of the molecule is CC(C)(C)CC(N)CC(=O)NCCC1CCCO1. The molecule has 1 saturated heterocycles. The van der Waals surface area contributed by atoms with Gasteiger partial charge in [0.05, 0.1) is 6.10 Å². The molecule has 1 aliphatic rings. The van der Waals surface area contributed by atoms with Crippen molar-refractivity contribution in [3.63, 3.8) is 0 Å². The van der Waals surface area contributed by atoms with E-state index in [1.54, 1.807) is 0 Å². The maximum Gasteiger partial charge on any atom is 0.221 e. The van der Waals surface area contributed by atoms with Crippen molar-refractivity contribution in [2.24, 2.45) is 11.1 Å². The summed E-state index contributed by atoms with van der Waals surface area (Å²) in [6, 6.07) is -0.0484. The molecule has 0 saturated carbocycles. The van der Waals surface area contributed by atoms with Crippen molar-refractivity contribution in [1.29, 1.82) is 0 Å². The van der Waals surface area contributed by atoms with Crippen LogP contribution in [0.4, 0.5) is 0 Å². The van der Waals surface area contributed by atoms with Crippen molar-refractivity contribution in [2.75, 3.05) is 13.2 Å². The normalized spacial score (nSPS) is 21.9. The van der Waals surface area contributed by atoms with Gasteiger partial charge in [-0.05, 0) is 31.1 Å². The highest BCUT2D eigenvalue weighted by atomic mass is 16.5. The van der Waals surface area contributed by atoms with Crippen LogP contribution in [0.25, 0.3) is 0 Å². The van der Waals surface area contributed by atoms with Crippen LogP contribution in [0.3, 0.4) is 0 Å². The number of rotatable bonds is 6. The molecule has 2 atom stereocenters. The van der Waals surface area contributed by atoms with Crippen molar-refractivity contribution >= 4 is 5.91 Å². The molecule has 1 amide bonds. The van der Waals surface area contributed by atoms with Crippen LogP contribution in [-0.2, 0) is 9.53 Å². The molecule has 0 aromatic heterocycles. The van der Waals surface area contributed by atoms with Gasteiger partial charge in [-0.25, -0.2) is 0 Å². The molecule has 2 unspecified atom stereocenters. The van der Waals surface area contributed by atoms with E-state index >= 15 is 0 Å². The van der Waals surface area contributed by atoms with Gasteiger partial charge in [0.25, 0.3) is 0 Å². The lowest BCUT2D eigenvalue weighted by Crippen LogP contribution is -2.35. The molecule has 4 heteroatoms. The second kappa shape index (κ2) is 7.10. The fraction of sp³-hybridized carbons (Fsp3) is 0.929. The van der Waals surface area contributed by atoms with Crippen LogP contribution in [0, 0.1) is 5.41 Å². The summed E-state index contributed by atoms with van der Waals surface area (Å²) < 4.78 is 5.51. The van der Waals surface area contributed by atoms with Gasteiger partial charge < -0.3 is 15.8 Å². The van der Waals surface area contributed by atoms with E-state index in [9.17, 15) is 4.79 Å². The summed E-state index contributed by atoms with van der Waals surface area (Å²) in [5.74, 6) is 0.0600. The third-order valence-corrected chi connectivity index (χ3v) is 3.13. The minimum Gasteiger partial charge on any atom is -0.378 e. The fourth-order valence-electron chi connectivity index (χ4n) is 2.41. The number of nitrogens with two attached hydrogens (primary N) is 1. The van der Waals surface area contributed by atoms with Crippen LogP contribution in [0.2, 0.25) is 0 Å². The molecule has 1 fully saturated rings. The lowest BCUT2D eigenvalue weighted by Gasteiger charge is -2.22. The summed E-state index contributed by atoms with van der Waals surface area (Å²) in [5, 5.41) is 2.93. The molecule has 0 bridgehead atoms. The van der Waals surface area contributed by atoms with Gasteiger partial charge in [-0.1, -0.05) is 20.8 Å². The fourth-order valence-corrected chi connectivity index (χ4v) is 2.41. The zero-order valence-corrected chi connectivity index (χ0v) is 12.0. The number of ether oxygens (including phenoxy) is 1. The molecule has 3 N–H and O–H groups in total. The number of nitrogens with one attached hydrogen (secondary N) is 1. The molecule has 4 nitrogen and oxygen atoms in total. The van der Waals surface area contributed by atoms with E-state index in [4.69, 9.17) is 10.5 Å². The van der Waals surface area contributed by atoms with Gasteiger partial charge in [-0.3, -0.25) is 4.79 Å². The highest BCUT2D eigenvalue weighted by Crippen LogP contribution is 2.21. The van der Waals surface area contributed by atoms with E-state index in [2.05, 4.69) is 26.1 Å². The van der Waals surface area contributed by atoms with Gasteiger partial charge in [0, 0.05) is 25.6 Å². The van der Waals surface area contributed by atoms with Crippen LogP contribution in [0.15, 0.2) is 0 Å².